The fourth-order valence-electron chi connectivity index (χ4n) is 2.09. The number of carbonyl (C=O) groups excluding carboxylic acids is 1. The van der Waals surface area contributed by atoms with Crippen molar-refractivity contribution in [3.8, 4) is 0 Å². The number of halogens is 2. The minimum atomic E-state index is -0.629. The van der Waals surface area contributed by atoms with Gasteiger partial charge in [-0.05, 0) is 37.0 Å². The van der Waals surface area contributed by atoms with Crippen LogP contribution in [0.4, 0.5) is 4.39 Å². The van der Waals surface area contributed by atoms with Crippen molar-refractivity contribution in [2.75, 3.05) is 7.11 Å². The van der Waals surface area contributed by atoms with Gasteiger partial charge in [0.25, 0.3) is 0 Å². The Morgan fingerprint density at radius 3 is 2.71 bits per heavy atom. The summed E-state index contributed by atoms with van der Waals surface area (Å²) in [6, 6.07) is 4.45. The third-order valence-corrected chi connectivity index (χ3v) is 3.72. The fraction of sp³-hybridized carbons (Fsp3) is 0.462. The summed E-state index contributed by atoms with van der Waals surface area (Å²) in [4.78, 5) is 12.1. The summed E-state index contributed by atoms with van der Waals surface area (Å²) in [6.45, 7) is 0. The molecule has 2 rings (SSSR count). The maximum atomic E-state index is 13.2. The maximum Gasteiger partial charge on any atom is 0.168 e. The van der Waals surface area contributed by atoms with Crippen LogP contribution in [-0.2, 0) is 16.0 Å². The SMILES string of the molecule is COC1(C(=O)Cc2ccc(Cl)c(F)c2)CCC1. The highest BCUT2D eigenvalue weighted by Gasteiger charge is 2.43. The van der Waals surface area contributed by atoms with Gasteiger partial charge in [-0.25, -0.2) is 4.39 Å². The summed E-state index contributed by atoms with van der Waals surface area (Å²) in [6.07, 6.45) is 2.73. The van der Waals surface area contributed by atoms with E-state index in [1.54, 1.807) is 13.2 Å². The van der Waals surface area contributed by atoms with Crippen LogP contribution in [0.25, 0.3) is 0 Å². The zero-order valence-corrected chi connectivity index (χ0v) is 10.4. The highest BCUT2D eigenvalue weighted by atomic mass is 35.5. The second-order valence-corrected chi connectivity index (χ2v) is 4.81. The number of methoxy groups -OCH3 is 1. The van der Waals surface area contributed by atoms with E-state index in [4.69, 9.17) is 16.3 Å². The van der Waals surface area contributed by atoms with Crippen LogP contribution in [0.15, 0.2) is 18.2 Å². The van der Waals surface area contributed by atoms with E-state index in [0.717, 1.165) is 19.3 Å². The van der Waals surface area contributed by atoms with Crippen molar-refractivity contribution < 1.29 is 13.9 Å². The molecule has 0 amide bonds. The van der Waals surface area contributed by atoms with Crippen molar-refractivity contribution in [2.24, 2.45) is 0 Å². The predicted octanol–water partition coefficient (Wildman–Crippen LogP) is 3.16. The molecule has 1 fully saturated rings. The Bertz CT molecular complexity index is 436. The summed E-state index contributed by atoms with van der Waals surface area (Å²) in [5.41, 5.74) is 0.0102. The first-order valence-electron chi connectivity index (χ1n) is 5.60. The second kappa shape index (κ2) is 4.75. The van der Waals surface area contributed by atoms with Crippen LogP contribution in [0, 0.1) is 5.82 Å². The van der Waals surface area contributed by atoms with Crippen LogP contribution in [0.1, 0.15) is 24.8 Å². The molecule has 0 N–H and O–H groups in total. The van der Waals surface area contributed by atoms with Gasteiger partial charge in [0, 0.05) is 13.5 Å². The molecule has 1 aliphatic carbocycles. The van der Waals surface area contributed by atoms with E-state index < -0.39 is 11.4 Å². The molecule has 0 bridgehead atoms. The van der Waals surface area contributed by atoms with Crippen molar-refractivity contribution in [2.45, 2.75) is 31.3 Å². The second-order valence-electron chi connectivity index (χ2n) is 4.40. The van der Waals surface area contributed by atoms with Gasteiger partial charge >= 0.3 is 0 Å². The number of rotatable bonds is 4. The zero-order chi connectivity index (χ0) is 12.5. The van der Waals surface area contributed by atoms with E-state index in [1.807, 2.05) is 0 Å². The normalized spacial score (nSPS) is 17.6. The molecule has 0 atom stereocenters. The number of benzene rings is 1. The molecule has 17 heavy (non-hydrogen) atoms. The largest absolute Gasteiger partial charge is 0.370 e. The lowest BCUT2D eigenvalue weighted by Gasteiger charge is -2.38. The Balaban J connectivity index is 2.10. The maximum absolute atomic E-state index is 13.2. The van der Waals surface area contributed by atoms with Crippen LogP contribution in [-0.4, -0.2) is 18.5 Å². The lowest BCUT2D eigenvalue weighted by Crippen LogP contribution is -2.47. The average Bonchev–Trinajstić information content (AvgIpc) is 2.23. The molecule has 1 aromatic carbocycles. The molecule has 0 unspecified atom stereocenters. The van der Waals surface area contributed by atoms with Gasteiger partial charge in [-0.15, -0.1) is 0 Å². The van der Waals surface area contributed by atoms with Crippen molar-refractivity contribution in [1.29, 1.82) is 0 Å². The molecule has 1 aliphatic rings. The topological polar surface area (TPSA) is 26.3 Å². The van der Waals surface area contributed by atoms with Crippen LogP contribution in [0.2, 0.25) is 5.02 Å². The smallest absolute Gasteiger partial charge is 0.168 e. The van der Waals surface area contributed by atoms with E-state index in [1.165, 1.54) is 12.1 Å². The van der Waals surface area contributed by atoms with Crippen LogP contribution < -0.4 is 0 Å². The van der Waals surface area contributed by atoms with Crippen LogP contribution in [0.3, 0.4) is 0 Å². The van der Waals surface area contributed by atoms with Gasteiger partial charge in [0.2, 0.25) is 0 Å². The van der Waals surface area contributed by atoms with Gasteiger partial charge in [0.05, 0.1) is 5.02 Å². The molecule has 2 nitrogen and oxygen atoms in total. The molecule has 0 heterocycles. The van der Waals surface area contributed by atoms with Gasteiger partial charge in [-0.1, -0.05) is 17.7 Å². The van der Waals surface area contributed by atoms with Crippen molar-refractivity contribution in [1.82, 2.24) is 0 Å². The summed E-state index contributed by atoms with van der Waals surface area (Å²) in [5, 5.41) is 0.0753. The standard InChI is InChI=1S/C13H14ClFO2/c1-17-13(5-2-6-13)12(16)8-9-3-4-10(14)11(15)7-9/h3-4,7H,2,5-6,8H2,1H3. The van der Waals surface area contributed by atoms with E-state index in [9.17, 15) is 9.18 Å². The lowest BCUT2D eigenvalue weighted by atomic mass is 9.75. The highest BCUT2D eigenvalue weighted by molar-refractivity contribution is 6.30. The molecule has 0 saturated heterocycles. The number of ether oxygens (including phenoxy) is 1. The van der Waals surface area contributed by atoms with Gasteiger partial charge in [-0.2, -0.15) is 0 Å². The van der Waals surface area contributed by atoms with Crippen molar-refractivity contribution in [3.05, 3.63) is 34.6 Å². The number of ketones is 1. The molecule has 0 aromatic heterocycles. The molecule has 0 spiro atoms. The van der Waals surface area contributed by atoms with E-state index >= 15 is 0 Å². The van der Waals surface area contributed by atoms with Gasteiger partial charge in [0.1, 0.15) is 11.4 Å². The van der Waals surface area contributed by atoms with Crippen LogP contribution >= 0.6 is 11.6 Å². The van der Waals surface area contributed by atoms with E-state index in [-0.39, 0.29) is 17.2 Å². The van der Waals surface area contributed by atoms with E-state index in [2.05, 4.69) is 0 Å². The highest BCUT2D eigenvalue weighted by Crippen LogP contribution is 2.36. The third kappa shape index (κ3) is 2.35. The molecule has 1 saturated carbocycles. The predicted molar refractivity (Wildman–Crippen MR) is 63.7 cm³/mol. The Morgan fingerprint density at radius 1 is 1.53 bits per heavy atom. The minimum Gasteiger partial charge on any atom is -0.370 e. The van der Waals surface area contributed by atoms with Crippen molar-refractivity contribution in [3.63, 3.8) is 0 Å². The first-order valence-corrected chi connectivity index (χ1v) is 5.97. The van der Waals surface area contributed by atoms with E-state index in [0.29, 0.717) is 5.56 Å². The molecule has 0 aliphatic heterocycles. The van der Waals surface area contributed by atoms with Crippen LogP contribution in [0.5, 0.6) is 0 Å². The quantitative estimate of drug-likeness (QED) is 0.827. The Hall–Kier alpha value is -0.930. The summed E-state index contributed by atoms with van der Waals surface area (Å²) < 4.78 is 18.5. The lowest BCUT2D eigenvalue weighted by molar-refractivity contribution is -0.151. The molecule has 1 aromatic rings. The molecule has 0 radical (unpaired) electrons. The number of hydrogen-bond donors (Lipinski definition) is 0. The molecular formula is C13H14ClFO2. The average molecular weight is 257 g/mol. The Morgan fingerprint density at radius 2 is 2.24 bits per heavy atom. The first-order chi connectivity index (χ1) is 8.07. The van der Waals surface area contributed by atoms with Crippen molar-refractivity contribution >= 4 is 17.4 Å². The summed E-state index contributed by atoms with van der Waals surface area (Å²) in [7, 11) is 1.56. The zero-order valence-electron chi connectivity index (χ0n) is 9.63. The van der Waals surface area contributed by atoms with Gasteiger partial charge in [0.15, 0.2) is 5.78 Å². The number of carbonyl (C=O) groups is 1. The minimum absolute atomic E-state index is 0.0213. The fourth-order valence-corrected chi connectivity index (χ4v) is 2.21. The van der Waals surface area contributed by atoms with Gasteiger partial charge in [-0.3, -0.25) is 4.79 Å². The third-order valence-electron chi connectivity index (χ3n) is 3.41. The first kappa shape index (κ1) is 12.5. The van der Waals surface area contributed by atoms with Gasteiger partial charge < -0.3 is 4.74 Å². The molecule has 92 valence electrons. The molecular weight excluding hydrogens is 243 g/mol. The monoisotopic (exact) mass is 256 g/mol. The molecule has 4 heteroatoms. The Kier molecular flexibility index (Phi) is 3.50. The number of Topliss-reactive ketones (excluding diaryl/α,β-unsaturated/α-hetero) is 1. The summed E-state index contributed by atoms with van der Waals surface area (Å²) in [5.74, 6) is -0.468. The summed E-state index contributed by atoms with van der Waals surface area (Å²) >= 11 is 5.59. The number of hydrogen-bond acceptors (Lipinski definition) is 2. The Labute approximate surface area is 105 Å².